The largest absolute Gasteiger partial charge is 0.416 e. The van der Waals surface area contributed by atoms with Crippen LogP contribution in [0.3, 0.4) is 0 Å². The first-order valence-electron chi connectivity index (χ1n) is 10.0. The molecular formula is C22H19F3N6O2. The molecule has 0 bridgehead atoms. The smallest absolute Gasteiger partial charge is 0.339 e. The summed E-state index contributed by atoms with van der Waals surface area (Å²) in [5.74, 6) is -1.40. The van der Waals surface area contributed by atoms with Crippen molar-refractivity contribution in [2.75, 3.05) is 38.5 Å². The van der Waals surface area contributed by atoms with Crippen molar-refractivity contribution in [3.63, 3.8) is 0 Å². The molecule has 1 aliphatic rings. The van der Waals surface area contributed by atoms with Crippen molar-refractivity contribution in [3.8, 4) is 11.3 Å². The van der Waals surface area contributed by atoms with Gasteiger partial charge < -0.3 is 20.1 Å². The fourth-order valence-corrected chi connectivity index (χ4v) is 3.62. The Bertz CT molecular complexity index is 1270. The van der Waals surface area contributed by atoms with E-state index in [1.165, 1.54) is 17.0 Å². The van der Waals surface area contributed by atoms with Crippen LogP contribution < -0.4 is 5.32 Å². The summed E-state index contributed by atoms with van der Waals surface area (Å²) in [5, 5.41) is 2.96. The highest BCUT2D eigenvalue weighted by atomic mass is 19.4. The second-order valence-electron chi connectivity index (χ2n) is 7.71. The van der Waals surface area contributed by atoms with Gasteiger partial charge in [0, 0.05) is 37.3 Å². The number of aromatic amines is 1. The second-order valence-corrected chi connectivity index (χ2v) is 7.71. The average Bonchev–Trinajstić information content (AvgIpc) is 3.21. The second kappa shape index (κ2) is 8.55. The number of carbonyl (C=O) groups is 2. The Kier molecular flexibility index (Phi) is 5.78. The molecule has 0 radical (unpaired) electrons. The van der Waals surface area contributed by atoms with Crippen molar-refractivity contribution in [3.05, 3.63) is 53.4 Å². The van der Waals surface area contributed by atoms with Gasteiger partial charge in [0.05, 0.1) is 12.1 Å². The van der Waals surface area contributed by atoms with Crippen LogP contribution in [0.4, 0.5) is 24.7 Å². The van der Waals surface area contributed by atoms with Crippen molar-refractivity contribution >= 4 is 34.4 Å². The SMILES string of the molecule is [C-]#[N+]c1ccc(C(F)(F)F)c(-c2cc3ccc(NC(=O)C(=O)N4CCN(C)CC4)nc3[nH]2)c1. The minimum atomic E-state index is -4.61. The Morgan fingerprint density at radius 2 is 1.85 bits per heavy atom. The molecule has 1 aromatic carbocycles. The lowest BCUT2D eigenvalue weighted by atomic mass is 10.0. The molecule has 0 spiro atoms. The number of halogens is 3. The minimum Gasteiger partial charge on any atom is -0.339 e. The van der Waals surface area contributed by atoms with Gasteiger partial charge in [0.25, 0.3) is 0 Å². The molecule has 2 N–H and O–H groups in total. The summed E-state index contributed by atoms with van der Waals surface area (Å²) in [7, 11) is 1.93. The van der Waals surface area contributed by atoms with Crippen molar-refractivity contribution in [1.29, 1.82) is 0 Å². The summed E-state index contributed by atoms with van der Waals surface area (Å²) in [6, 6.07) is 7.68. The van der Waals surface area contributed by atoms with E-state index >= 15 is 0 Å². The van der Waals surface area contributed by atoms with E-state index in [0.29, 0.717) is 31.6 Å². The summed E-state index contributed by atoms with van der Waals surface area (Å²) in [5.41, 5.74) is -0.624. The Balaban J connectivity index is 1.59. The van der Waals surface area contributed by atoms with Gasteiger partial charge in [-0.15, -0.1) is 0 Å². The lowest BCUT2D eigenvalue weighted by Crippen LogP contribution is -2.50. The molecular weight excluding hydrogens is 437 g/mol. The zero-order valence-corrected chi connectivity index (χ0v) is 17.5. The van der Waals surface area contributed by atoms with Gasteiger partial charge >= 0.3 is 18.0 Å². The van der Waals surface area contributed by atoms with E-state index in [4.69, 9.17) is 6.57 Å². The highest BCUT2D eigenvalue weighted by Crippen LogP contribution is 2.39. The number of amides is 2. The first kappa shape index (κ1) is 22.3. The molecule has 33 heavy (non-hydrogen) atoms. The predicted molar refractivity (Wildman–Crippen MR) is 116 cm³/mol. The van der Waals surface area contributed by atoms with Crippen LogP contribution in [0.15, 0.2) is 36.4 Å². The van der Waals surface area contributed by atoms with Crippen molar-refractivity contribution in [2.24, 2.45) is 0 Å². The van der Waals surface area contributed by atoms with E-state index in [9.17, 15) is 22.8 Å². The number of anilines is 1. The molecule has 170 valence electrons. The number of hydrogen-bond acceptors (Lipinski definition) is 4. The summed E-state index contributed by atoms with van der Waals surface area (Å²) < 4.78 is 40.5. The third-order valence-electron chi connectivity index (χ3n) is 5.43. The topological polar surface area (TPSA) is 85.7 Å². The fraction of sp³-hybridized carbons (Fsp3) is 0.273. The normalized spacial score (nSPS) is 14.8. The van der Waals surface area contributed by atoms with E-state index in [-0.39, 0.29) is 28.4 Å². The molecule has 1 aliphatic heterocycles. The first-order valence-corrected chi connectivity index (χ1v) is 10.0. The van der Waals surface area contributed by atoms with E-state index in [1.807, 2.05) is 7.05 Å². The number of rotatable bonds is 2. The number of hydrogen-bond donors (Lipinski definition) is 2. The van der Waals surface area contributed by atoms with Crippen LogP contribution in [0.2, 0.25) is 0 Å². The number of aromatic nitrogens is 2. The van der Waals surface area contributed by atoms with Crippen LogP contribution in [-0.2, 0) is 15.8 Å². The molecule has 2 aromatic heterocycles. The van der Waals surface area contributed by atoms with E-state index < -0.39 is 23.6 Å². The molecule has 0 aliphatic carbocycles. The van der Waals surface area contributed by atoms with Crippen LogP contribution in [0.1, 0.15) is 5.56 Å². The van der Waals surface area contributed by atoms with E-state index in [2.05, 4.69) is 25.0 Å². The van der Waals surface area contributed by atoms with E-state index in [1.54, 1.807) is 6.07 Å². The van der Waals surface area contributed by atoms with Crippen molar-refractivity contribution in [2.45, 2.75) is 6.18 Å². The highest BCUT2D eigenvalue weighted by Gasteiger charge is 2.34. The van der Waals surface area contributed by atoms with Crippen molar-refractivity contribution in [1.82, 2.24) is 19.8 Å². The maximum absolute atomic E-state index is 13.5. The van der Waals surface area contributed by atoms with Crippen LogP contribution in [0, 0.1) is 6.57 Å². The number of likely N-dealkylation sites (N-methyl/N-ethyl adjacent to an activating group) is 1. The number of H-pyrrole nitrogens is 1. The first-order chi connectivity index (χ1) is 15.7. The average molecular weight is 456 g/mol. The van der Waals surface area contributed by atoms with Gasteiger partial charge in [-0.05, 0) is 36.9 Å². The van der Waals surface area contributed by atoms with Gasteiger partial charge in [-0.3, -0.25) is 9.59 Å². The third-order valence-corrected chi connectivity index (χ3v) is 5.43. The number of piperazine rings is 1. The number of nitrogens with one attached hydrogen (secondary N) is 2. The molecule has 0 saturated carbocycles. The number of nitrogens with zero attached hydrogens (tertiary/aromatic N) is 4. The predicted octanol–water partition coefficient (Wildman–Crippen LogP) is 3.51. The number of pyridine rings is 1. The molecule has 8 nitrogen and oxygen atoms in total. The molecule has 4 rings (SSSR count). The van der Waals surface area contributed by atoms with Crippen molar-refractivity contribution < 1.29 is 22.8 Å². The molecule has 0 unspecified atom stereocenters. The van der Waals surface area contributed by atoms with Crippen LogP contribution >= 0.6 is 0 Å². The lowest BCUT2D eigenvalue weighted by molar-refractivity contribution is -0.144. The van der Waals surface area contributed by atoms with Gasteiger partial charge in [0.15, 0.2) is 5.69 Å². The van der Waals surface area contributed by atoms with Crippen LogP contribution in [-0.4, -0.2) is 64.8 Å². The highest BCUT2D eigenvalue weighted by molar-refractivity contribution is 6.39. The Morgan fingerprint density at radius 1 is 1.12 bits per heavy atom. The summed E-state index contributed by atoms with van der Waals surface area (Å²) in [4.78, 5) is 38.5. The molecule has 11 heteroatoms. The lowest BCUT2D eigenvalue weighted by Gasteiger charge is -2.31. The molecule has 2 amide bonds. The monoisotopic (exact) mass is 456 g/mol. The van der Waals surface area contributed by atoms with Crippen LogP contribution in [0.25, 0.3) is 27.1 Å². The maximum atomic E-state index is 13.5. The van der Waals surface area contributed by atoms with Crippen LogP contribution in [0.5, 0.6) is 0 Å². The van der Waals surface area contributed by atoms with Gasteiger partial charge in [-0.25, -0.2) is 9.83 Å². The fourth-order valence-electron chi connectivity index (χ4n) is 3.62. The summed E-state index contributed by atoms with van der Waals surface area (Å²) in [6.45, 7) is 9.33. The number of fused-ring (bicyclic) bond motifs is 1. The van der Waals surface area contributed by atoms with Gasteiger partial charge in [-0.2, -0.15) is 13.2 Å². The molecule has 3 aromatic rings. The number of benzene rings is 1. The molecule has 3 heterocycles. The Hall–Kier alpha value is -3.91. The maximum Gasteiger partial charge on any atom is 0.416 e. The number of carbonyl (C=O) groups excluding carboxylic acids is 2. The van der Waals surface area contributed by atoms with Gasteiger partial charge in [-0.1, -0.05) is 12.1 Å². The zero-order valence-electron chi connectivity index (χ0n) is 17.5. The van der Waals surface area contributed by atoms with Gasteiger partial charge in [0.1, 0.15) is 11.5 Å². The molecule has 1 fully saturated rings. The third kappa shape index (κ3) is 4.65. The molecule has 1 saturated heterocycles. The zero-order chi connectivity index (χ0) is 23.8. The summed E-state index contributed by atoms with van der Waals surface area (Å²) >= 11 is 0. The van der Waals surface area contributed by atoms with Gasteiger partial charge in [0.2, 0.25) is 0 Å². The number of alkyl halides is 3. The minimum absolute atomic E-state index is 0.0694. The Morgan fingerprint density at radius 3 is 2.52 bits per heavy atom. The quantitative estimate of drug-likeness (QED) is 0.457. The standard InChI is InChI=1S/C22H19F3N6O2/c1-26-14-4-5-16(22(23,24)25)15(12-14)17-11-13-3-6-18(28-19(13)27-17)29-20(32)21(33)31-9-7-30(2)8-10-31/h3-6,11-12H,7-10H2,2H3,(H2,27,28,29,32). The Labute approximate surface area is 186 Å². The van der Waals surface area contributed by atoms with E-state index in [0.717, 1.165) is 18.2 Å². The summed E-state index contributed by atoms with van der Waals surface area (Å²) in [6.07, 6.45) is -4.61. The molecule has 0 atom stereocenters.